The van der Waals surface area contributed by atoms with Gasteiger partial charge in [0, 0.05) is 28.8 Å². The first-order valence-corrected chi connectivity index (χ1v) is 10.2. The number of aryl methyl sites for hydroxylation is 1. The molecule has 0 spiro atoms. The van der Waals surface area contributed by atoms with E-state index in [1.807, 2.05) is 0 Å². The van der Waals surface area contributed by atoms with Crippen LogP contribution in [0.15, 0.2) is 65.3 Å². The molecule has 0 unspecified atom stereocenters. The summed E-state index contributed by atoms with van der Waals surface area (Å²) in [6.07, 6.45) is -2.53. The zero-order valence-corrected chi connectivity index (χ0v) is 17.4. The van der Waals surface area contributed by atoms with Gasteiger partial charge in [-0.05, 0) is 61.0 Å². The van der Waals surface area contributed by atoms with E-state index in [0.29, 0.717) is 46.1 Å². The number of hydrogen-bond acceptors (Lipinski definition) is 4. The van der Waals surface area contributed by atoms with Crippen molar-refractivity contribution in [3.63, 3.8) is 0 Å². The zero-order chi connectivity index (χ0) is 23.2. The van der Waals surface area contributed by atoms with Gasteiger partial charge in [0.2, 0.25) is 0 Å². The first kappa shape index (κ1) is 20.9. The van der Waals surface area contributed by atoms with Crippen molar-refractivity contribution in [3.8, 4) is 22.7 Å². The number of nitrogens with one attached hydrogen (secondary N) is 1. The molecule has 0 fully saturated rings. The summed E-state index contributed by atoms with van der Waals surface area (Å²) in [5.41, 5.74) is 1.58. The average Bonchev–Trinajstić information content (AvgIpc) is 3.44. The quantitative estimate of drug-likeness (QED) is 0.442. The van der Waals surface area contributed by atoms with Crippen LogP contribution in [-0.2, 0) is 19.0 Å². The highest BCUT2D eigenvalue weighted by atomic mass is 19.4. The van der Waals surface area contributed by atoms with E-state index >= 15 is 0 Å². The Kier molecular flexibility index (Phi) is 4.96. The van der Waals surface area contributed by atoms with E-state index in [4.69, 9.17) is 9.15 Å². The Bertz CT molecular complexity index is 1320. The van der Waals surface area contributed by atoms with Crippen LogP contribution in [0.3, 0.4) is 0 Å². The number of rotatable bonds is 4. The van der Waals surface area contributed by atoms with Crippen LogP contribution in [0.25, 0.3) is 16.9 Å². The van der Waals surface area contributed by atoms with Gasteiger partial charge in [-0.15, -0.1) is 0 Å². The molecule has 0 saturated carbocycles. The number of halogens is 3. The lowest BCUT2D eigenvalue weighted by atomic mass is 9.94. The van der Waals surface area contributed by atoms with Crippen LogP contribution in [-0.4, -0.2) is 22.8 Å². The van der Waals surface area contributed by atoms with E-state index in [2.05, 4.69) is 10.4 Å². The number of alkyl halides is 3. The number of ether oxygens (including phenoxy) is 1. The van der Waals surface area contributed by atoms with Crippen molar-refractivity contribution in [2.24, 2.45) is 0 Å². The van der Waals surface area contributed by atoms with Crippen molar-refractivity contribution in [3.05, 3.63) is 83.4 Å². The molecule has 0 saturated heterocycles. The minimum Gasteiger partial charge on any atom is -0.497 e. The Morgan fingerprint density at radius 3 is 2.45 bits per heavy atom. The highest BCUT2D eigenvalue weighted by Gasteiger charge is 2.41. The van der Waals surface area contributed by atoms with Crippen molar-refractivity contribution in [1.82, 2.24) is 9.78 Å². The average molecular weight is 453 g/mol. The first-order valence-electron chi connectivity index (χ1n) is 10.2. The van der Waals surface area contributed by atoms with Gasteiger partial charge in [-0.3, -0.25) is 4.79 Å². The topological polar surface area (TPSA) is 69.3 Å². The molecule has 1 aliphatic carbocycles. The molecule has 6 nitrogen and oxygen atoms in total. The van der Waals surface area contributed by atoms with Gasteiger partial charge in [0.15, 0.2) is 5.69 Å². The molecule has 0 aliphatic heterocycles. The number of methoxy groups -OCH3 is 1. The second-order valence-corrected chi connectivity index (χ2v) is 7.57. The third kappa shape index (κ3) is 3.75. The monoisotopic (exact) mass is 453 g/mol. The van der Waals surface area contributed by atoms with Gasteiger partial charge in [-0.25, -0.2) is 4.68 Å². The number of aromatic nitrogens is 2. The van der Waals surface area contributed by atoms with Gasteiger partial charge in [0.05, 0.1) is 24.8 Å². The molecule has 33 heavy (non-hydrogen) atoms. The fourth-order valence-electron chi connectivity index (χ4n) is 3.99. The molecule has 0 atom stereocenters. The minimum absolute atomic E-state index is 0.151. The lowest BCUT2D eigenvalue weighted by Crippen LogP contribution is -2.12. The Morgan fingerprint density at radius 1 is 1.06 bits per heavy atom. The number of carbonyl (C=O) groups is 1. The second kappa shape index (κ2) is 7.84. The molecule has 1 aliphatic rings. The number of carbonyl (C=O) groups excluding carboxylic acids is 1. The van der Waals surface area contributed by atoms with Gasteiger partial charge in [0.1, 0.15) is 11.5 Å². The first-order chi connectivity index (χ1) is 15.8. The molecular weight excluding hydrogens is 435 g/mol. The van der Waals surface area contributed by atoms with E-state index in [0.717, 1.165) is 0 Å². The Hall–Kier alpha value is -4.01. The maximum Gasteiger partial charge on any atom is 0.435 e. The van der Waals surface area contributed by atoms with Crippen LogP contribution in [0.4, 0.5) is 18.9 Å². The van der Waals surface area contributed by atoms with Gasteiger partial charge >= 0.3 is 6.18 Å². The van der Waals surface area contributed by atoms with E-state index in [1.165, 1.54) is 10.9 Å². The molecule has 2 aromatic carbocycles. The van der Waals surface area contributed by atoms with Crippen LogP contribution < -0.4 is 10.1 Å². The van der Waals surface area contributed by atoms with E-state index < -0.39 is 11.9 Å². The lowest BCUT2D eigenvalue weighted by Gasteiger charge is -2.15. The summed E-state index contributed by atoms with van der Waals surface area (Å²) in [6, 6.07) is 14.8. The number of fused-ring (bicyclic) bond motifs is 3. The molecule has 0 bridgehead atoms. The minimum atomic E-state index is -4.57. The third-order valence-electron chi connectivity index (χ3n) is 5.58. The number of benzene rings is 2. The number of amides is 1. The molecule has 1 amide bonds. The van der Waals surface area contributed by atoms with Gasteiger partial charge in [-0.2, -0.15) is 18.3 Å². The maximum absolute atomic E-state index is 13.7. The number of furan rings is 1. The summed E-state index contributed by atoms with van der Waals surface area (Å²) < 4.78 is 52.8. The largest absolute Gasteiger partial charge is 0.497 e. The summed E-state index contributed by atoms with van der Waals surface area (Å²) in [4.78, 5) is 12.6. The summed E-state index contributed by atoms with van der Waals surface area (Å²) in [5, 5.41) is 6.68. The van der Waals surface area contributed by atoms with Crippen LogP contribution in [0, 0.1) is 0 Å². The molecule has 168 valence electrons. The van der Waals surface area contributed by atoms with Gasteiger partial charge in [0.25, 0.3) is 5.91 Å². The normalized spacial score (nSPS) is 12.7. The molecule has 4 aromatic rings. The zero-order valence-electron chi connectivity index (χ0n) is 17.4. The van der Waals surface area contributed by atoms with Crippen molar-refractivity contribution in [1.29, 1.82) is 0 Å². The van der Waals surface area contributed by atoms with E-state index in [-0.39, 0.29) is 17.9 Å². The van der Waals surface area contributed by atoms with Crippen molar-refractivity contribution in [2.75, 3.05) is 12.4 Å². The maximum atomic E-state index is 13.7. The molecule has 5 rings (SSSR count). The summed E-state index contributed by atoms with van der Waals surface area (Å²) >= 11 is 0. The summed E-state index contributed by atoms with van der Waals surface area (Å²) in [5.74, 6) is 0.953. The highest BCUT2D eigenvalue weighted by molar-refractivity contribution is 6.04. The lowest BCUT2D eigenvalue weighted by molar-refractivity contribution is -0.142. The smallest absolute Gasteiger partial charge is 0.435 e. The van der Waals surface area contributed by atoms with Gasteiger partial charge in [-0.1, -0.05) is 0 Å². The van der Waals surface area contributed by atoms with Crippen LogP contribution in [0.1, 0.15) is 27.4 Å². The van der Waals surface area contributed by atoms with E-state index in [9.17, 15) is 18.0 Å². The molecule has 0 radical (unpaired) electrons. The van der Waals surface area contributed by atoms with Crippen molar-refractivity contribution >= 4 is 11.6 Å². The van der Waals surface area contributed by atoms with E-state index in [1.54, 1.807) is 61.7 Å². The van der Waals surface area contributed by atoms with Crippen LogP contribution in [0.2, 0.25) is 0 Å². The Labute approximate surface area is 186 Å². The summed E-state index contributed by atoms with van der Waals surface area (Å²) in [6.45, 7) is 0. The molecule has 2 heterocycles. The highest BCUT2D eigenvalue weighted by Crippen LogP contribution is 2.42. The van der Waals surface area contributed by atoms with Crippen molar-refractivity contribution < 1.29 is 27.1 Å². The fraction of sp³-hybridized carbons (Fsp3) is 0.167. The fourth-order valence-corrected chi connectivity index (χ4v) is 3.99. The van der Waals surface area contributed by atoms with Gasteiger partial charge < -0.3 is 14.5 Å². The Morgan fingerprint density at radius 2 is 1.79 bits per heavy atom. The number of hydrogen-bond donors (Lipinski definition) is 1. The molecular formula is C24H18F3N3O3. The molecule has 2 aromatic heterocycles. The standard InChI is InChI=1S/C24H18F3N3O3/c1-32-17-8-4-15(5-9-17)28-23(31)14-2-6-16(7-3-14)30-21-18-12-13-33-20(18)11-10-19(21)22(29-30)24(25,26)27/h2-9,12-13H,10-11H2,1H3,(H,28,31). The molecule has 9 heteroatoms. The van der Waals surface area contributed by atoms with Crippen molar-refractivity contribution in [2.45, 2.75) is 19.0 Å². The number of nitrogens with zero attached hydrogens (tertiary/aromatic N) is 2. The SMILES string of the molecule is COc1ccc(NC(=O)c2ccc(-n3nc(C(F)(F)F)c4c3-c3ccoc3CC4)cc2)cc1. The third-order valence-corrected chi connectivity index (χ3v) is 5.58. The van der Waals surface area contributed by atoms with Crippen LogP contribution in [0.5, 0.6) is 5.75 Å². The Balaban J connectivity index is 1.47. The second-order valence-electron chi connectivity index (χ2n) is 7.57. The van der Waals surface area contributed by atoms with Crippen LogP contribution >= 0.6 is 0 Å². The number of anilines is 1. The molecule has 1 N–H and O–H groups in total. The predicted octanol–water partition coefficient (Wildman–Crippen LogP) is 5.51. The summed E-state index contributed by atoms with van der Waals surface area (Å²) in [7, 11) is 1.55. The predicted molar refractivity (Wildman–Crippen MR) is 115 cm³/mol.